The molecule has 20 heavy (non-hydrogen) atoms. The number of halogens is 3. The molecule has 110 valence electrons. The van der Waals surface area contributed by atoms with Crippen LogP contribution in [0.25, 0.3) is 0 Å². The van der Waals surface area contributed by atoms with Gasteiger partial charge in [-0.3, -0.25) is 4.79 Å². The fourth-order valence-corrected chi connectivity index (χ4v) is 2.36. The Morgan fingerprint density at radius 1 is 1.35 bits per heavy atom. The fourth-order valence-electron chi connectivity index (χ4n) is 2.36. The summed E-state index contributed by atoms with van der Waals surface area (Å²) in [7, 11) is 0. The molecular weight excluding hydrogens is 271 g/mol. The first-order valence-corrected chi connectivity index (χ1v) is 6.49. The SMILES string of the molecule is O=CN1CCCC(COc2ccccc2C(F)(F)F)C1. The maximum Gasteiger partial charge on any atom is 0.419 e. The molecule has 1 unspecified atom stereocenters. The number of hydrogen-bond acceptors (Lipinski definition) is 2. The molecular formula is C14H16F3NO2. The monoisotopic (exact) mass is 287 g/mol. The first kappa shape index (κ1) is 14.7. The summed E-state index contributed by atoms with van der Waals surface area (Å²) in [6.07, 6.45) is -1.93. The Morgan fingerprint density at radius 3 is 2.80 bits per heavy atom. The highest BCUT2D eigenvalue weighted by molar-refractivity contribution is 5.47. The Kier molecular flexibility index (Phi) is 4.52. The van der Waals surface area contributed by atoms with Gasteiger partial charge in [0, 0.05) is 19.0 Å². The van der Waals surface area contributed by atoms with Crippen molar-refractivity contribution in [3.63, 3.8) is 0 Å². The number of amides is 1. The van der Waals surface area contributed by atoms with E-state index in [0.717, 1.165) is 25.3 Å². The molecule has 1 fully saturated rings. The second kappa shape index (κ2) is 6.15. The lowest BCUT2D eigenvalue weighted by atomic mass is 9.99. The number of ether oxygens (including phenoxy) is 1. The van der Waals surface area contributed by atoms with Crippen molar-refractivity contribution in [2.45, 2.75) is 19.0 Å². The van der Waals surface area contributed by atoms with E-state index in [9.17, 15) is 18.0 Å². The van der Waals surface area contributed by atoms with Gasteiger partial charge in [0.1, 0.15) is 5.75 Å². The summed E-state index contributed by atoms with van der Waals surface area (Å²) in [4.78, 5) is 12.3. The Labute approximate surface area is 115 Å². The number of alkyl halides is 3. The van der Waals surface area contributed by atoms with Crippen molar-refractivity contribution in [2.24, 2.45) is 5.92 Å². The third kappa shape index (κ3) is 3.65. The van der Waals surface area contributed by atoms with E-state index < -0.39 is 11.7 Å². The largest absolute Gasteiger partial charge is 0.493 e. The van der Waals surface area contributed by atoms with Gasteiger partial charge in [-0.15, -0.1) is 0 Å². The van der Waals surface area contributed by atoms with Crippen LogP contribution in [-0.2, 0) is 11.0 Å². The number of rotatable bonds is 4. The zero-order valence-electron chi connectivity index (χ0n) is 10.9. The normalized spacial score (nSPS) is 19.8. The van der Waals surface area contributed by atoms with Gasteiger partial charge in [0.25, 0.3) is 0 Å². The third-order valence-corrected chi connectivity index (χ3v) is 3.37. The Balaban J connectivity index is 1.99. The van der Waals surface area contributed by atoms with Gasteiger partial charge in [0.2, 0.25) is 6.41 Å². The predicted molar refractivity (Wildman–Crippen MR) is 67.3 cm³/mol. The quantitative estimate of drug-likeness (QED) is 0.797. The van der Waals surface area contributed by atoms with Crippen LogP contribution in [0.3, 0.4) is 0 Å². The highest BCUT2D eigenvalue weighted by Crippen LogP contribution is 2.36. The van der Waals surface area contributed by atoms with Gasteiger partial charge in [0.05, 0.1) is 12.2 Å². The maximum atomic E-state index is 12.8. The van der Waals surface area contributed by atoms with Crippen molar-refractivity contribution in [2.75, 3.05) is 19.7 Å². The fraction of sp³-hybridized carbons (Fsp3) is 0.500. The second-order valence-corrected chi connectivity index (χ2v) is 4.91. The number of para-hydroxylation sites is 1. The minimum atomic E-state index is -4.42. The minimum Gasteiger partial charge on any atom is -0.493 e. The number of benzene rings is 1. The molecule has 0 bridgehead atoms. The summed E-state index contributed by atoms with van der Waals surface area (Å²) in [6.45, 7) is 1.44. The van der Waals surface area contributed by atoms with E-state index in [4.69, 9.17) is 4.74 Å². The number of carbonyl (C=O) groups is 1. The van der Waals surface area contributed by atoms with Crippen molar-refractivity contribution in [3.05, 3.63) is 29.8 Å². The first-order chi connectivity index (χ1) is 9.50. The average molecular weight is 287 g/mol. The van der Waals surface area contributed by atoms with E-state index in [0.29, 0.717) is 13.1 Å². The molecule has 1 aliphatic heterocycles. The molecule has 1 amide bonds. The van der Waals surface area contributed by atoms with Crippen LogP contribution >= 0.6 is 0 Å². The van der Waals surface area contributed by atoms with E-state index in [1.54, 1.807) is 4.90 Å². The highest BCUT2D eigenvalue weighted by Gasteiger charge is 2.34. The number of nitrogens with zero attached hydrogens (tertiary/aromatic N) is 1. The van der Waals surface area contributed by atoms with E-state index in [1.165, 1.54) is 18.2 Å². The number of hydrogen-bond donors (Lipinski definition) is 0. The maximum absolute atomic E-state index is 12.8. The van der Waals surface area contributed by atoms with Gasteiger partial charge >= 0.3 is 6.18 Å². The summed E-state index contributed by atoms with van der Waals surface area (Å²) >= 11 is 0. The lowest BCUT2D eigenvalue weighted by Gasteiger charge is -2.30. The summed E-state index contributed by atoms with van der Waals surface area (Å²) < 4.78 is 43.7. The molecule has 0 saturated carbocycles. The Hall–Kier alpha value is -1.72. The number of carbonyl (C=O) groups excluding carboxylic acids is 1. The van der Waals surface area contributed by atoms with Crippen molar-refractivity contribution in [1.82, 2.24) is 4.90 Å². The molecule has 2 rings (SSSR count). The molecule has 1 heterocycles. The van der Waals surface area contributed by atoms with Crippen molar-refractivity contribution in [3.8, 4) is 5.75 Å². The topological polar surface area (TPSA) is 29.5 Å². The summed E-state index contributed by atoms with van der Waals surface area (Å²) in [5, 5.41) is 0. The summed E-state index contributed by atoms with van der Waals surface area (Å²) in [6, 6.07) is 5.19. The van der Waals surface area contributed by atoms with Crippen LogP contribution in [0, 0.1) is 5.92 Å². The van der Waals surface area contributed by atoms with Gasteiger partial charge in [0.15, 0.2) is 0 Å². The van der Waals surface area contributed by atoms with Gasteiger partial charge < -0.3 is 9.64 Å². The van der Waals surface area contributed by atoms with E-state index >= 15 is 0 Å². The van der Waals surface area contributed by atoms with Crippen LogP contribution in [0.1, 0.15) is 18.4 Å². The molecule has 3 nitrogen and oxygen atoms in total. The second-order valence-electron chi connectivity index (χ2n) is 4.91. The molecule has 0 aliphatic carbocycles. The van der Waals surface area contributed by atoms with E-state index in [2.05, 4.69) is 0 Å². The van der Waals surface area contributed by atoms with Crippen LogP contribution in [-0.4, -0.2) is 31.0 Å². The third-order valence-electron chi connectivity index (χ3n) is 3.37. The van der Waals surface area contributed by atoms with Crippen molar-refractivity contribution < 1.29 is 22.7 Å². The number of piperidine rings is 1. The Morgan fingerprint density at radius 2 is 2.10 bits per heavy atom. The molecule has 1 atom stereocenters. The molecule has 1 aromatic carbocycles. The standard InChI is InChI=1S/C14H16F3NO2/c15-14(16,17)12-5-1-2-6-13(12)20-9-11-4-3-7-18(8-11)10-19/h1-2,5-6,10-11H,3-4,7-9H2. The van der Waals surface area contributed by atoms with E-state index in [1.807, 2.05) is 0 Å². The minimum absolute atomic E-state index is 0.0789. The summed E-state index contributed by atoms with van der Waals surface area (Å²) in [5.41, 5.74) is -0.761. The molecule has 6 heteroatoms. The molecule has 1 saturated heterocycles. The Bertz CT molecular complexity index is 462. The van der Waals surface area contributed by atoms with Crippen molar-refractivity contribution >= 4 is 6.41 Å². The van der Waals surface area contributed by atoms with Crippen LogP contribution in [0.4, 0.5) is 13.2 Å². The zero-order chi connectivity index (χ0) is 14.6. The lowest BCUT2D eigenvalue weighted by Crippen LogP contribution is -2.36. The zero-order valence-corrected chi connectivity index (χ0v) is 10.9. The van der Waals surface area contributed by atoms with Crippen LogP contribution in [0.5, 0.6) is 5.75 Å². The van der Waals surface area contributed by atoms with Crippen LogP contribution in [0.15, 0.2) is 24.3 Å². The van der Waals surface area contributed by atoms with Crippen LogP contribution in [0.2, 0.25) is 0 Å². The molecule has 0 N–H and O–H groups in total. The van der Waals surface area contributed by atoms with Gasteiger partial charge in [-0.05, 0) is 25.0 Å². The summed E-state index contributed by atoms with van der Waals surface area (Å²) in [5.74, 6) is -0.0709. The van der Waals surface area contributed by atoms with Gasteiger partial charge in [-0.25, -0.2) is 0 Å². The van der Waals surface area contributed by atoms with E-state index in [-0.39, 0.29) is 18.3 Å². The number of likely N-dealkylation sites (tertiary alicyclic amines) is 1. The molecule has 1 aliphatic rings. The first-order valence-electron chi connectivity index (χ1n) is 6.49. The molecule has 0 aromatic heterocycles. The van der Waals surface area contributed by atoms with Gasteiger partial charge in [-0.2, -0.15) is 13.2 Å². The lowest BCUT2D eigenvalue weighted by molar-refractivity contribution is -0.139. The molecule has 0 spiro atoms. The van der Waals surface area contributed by atoms with Crippen molar-refractivity contribution in [1.29, 1.82) is 0 Å². The average Bonchev–Trinajstić information content (AvgIpc) is 2.44. The molecule has 1 aromatic rings. The molecule has 0 radical (unpaired) electrons. The highest BCUT2D eigenvalue weighted by atomic mass is 19.4. The predicted octanol–water partition coefficient (Wildman–Crippen LogP) is 2.95. The van der Waals surface area contributed by atoms with Crippen LogP contribution < -0.4 is 4.74 Å². The van der Waals surface area contributed by atoms with Gasteiger partial charge in [-0.1, -0.05) is 12.1 Å². The smallest absolute Gasteiger partial charge is 0.419 e.